The lowest BCUT2D eigenvalue weighted by Gasteiger charge is -2.29. The second-order valence-electron chi connectivity index (χ2n) is 6.30. The summed E-state index contributed by atoms with van der Waals surface area (Å²) in [6.07, 6.45) is 1.54. The molecule has 6 heteroatoms. The molecule has 0 radical (unpaired) electrons. The van der Waals surface area contributed by atoms with Gasteiger partial charge in [0.1, 0.15) is 19.0 Å². The summed E-state index contributed by atoms with van der Waals surface area (Å²) < 4.78 is 11.1. The zero-order valence-electron chi connectivity index (χ0n) is 15.6. The van der Waals surface area contributed by atoms with E-state index in [9.17, 15) is 4.79 Å². The third-order valence-corrected chi connectivity index (χ3v) is 4.50. The second kappa shape index (κ2) is 9.19. The molecule has 1 aliphatic rings. The van der Waals surface area contributed by atoms with Gasteiger partial charge in [-0.15, -0.1) is 0 Å². The van der Waals surface area contributed by atoms with Crippen LogP contribution in [0.4, 0.5) is 0 Å². The Balaban J connectivity index is 1.76. The molecule has 0 bridgehead atoms. The molecule has 0 spiro atoms. The van der Waals surface area contributed by atoms with Gasteiger partial charge in [0.2, 0.25) is 0 Å². The van der Waals surface area contributed by atoms with Crippen LogP contribution in [-0.2, 0) is 16.1 Å². The van der Waals surface area contributed by atoms with E-state index >= 15 is 0 Å². The average molecular weight is 394 g/mol. The number of ether oxygens (including phenoxy) is 2. The fraction of sp³-hybridized carbons (Fsp3) is 0.182. The van der Waals surface area contributed by atoms with Crippen LogP contribution in [0.15, 0.2) is 78.5 Å². The lowest BCUT2D eigenvalue weighted by molar-refractivity contribution is -0.138. The SMILES string of the molecule is C=CCOC(=O)C1=C(C)NC(=S)NC1c1ccc(OCc2ccccc2)cc1. The number of hydrogen-bond donors (Lipinski definition) is 2. The molecule has 2 aromatic rings. The molecule has 28 heavy (non-hydrogen) atoms. The number of thiocarbonyl (C=S) groups is 1. The van der Waals surface area contributed by atoms with Crippen molar-refractivity contribution in [2.24, 2.45) is 0 Å². The Morgan fingerprint density at radius 3 is 2.57 bits per heavy atom. The van der Waals surface area contributed by atoms with Crippen LogP contribution in [0.1, 0.15) is 24.1 Å². The number of hydrogen-bond acceptors (Lipinski definition) is 4. The minimum absolute atomic E-state index is 0.152. The van der Waals surface area contributed by atoms with E-state index in [1.165, 1.54) is 6.08 Å². The number of rotatable bonds is 7. The highest BCUT2D eigenvalue weighted by Crippen LogP contribution is 2.29. The molecule has 1 unspecified atom stereocenters. The number of nitrogens with one attached hydrogen (secondary N) is 2. The van der Waals surface area contributed by atoms with E-state index in [0.717, 1.165) is 16.9 Å². The van der Waals surface area contributed by atoms with Gasteiger partial charge < -0.3 is 20.1 Å². The highest BCUT2D eigenvalue weighted by Gasteiger charge is 2.30. The summed E-state index contributed by atoms with van der Waals surface area (Å²) >= 11 is 5.26. The lowest BCUT2D eigenvalue weighted by Crippen LogP contribution is -2.45. The Morgan fingerprint density at radius 2 is 1.89 bits per heavy atom. The van der Waals surface area contributed by atoms with Gasteiger partial charge in [0, 0.05) is 5.70 Å². The fourth-order valence-electron chi connectivity index (χ4n) is 2.92. The van der Waals surface area contributed by atoms with E-state index in [1.807, 2.05) is 61.5 Å². The van der Waals surface area contributed by atoms with Crippen LogP contribution in [-0.4, -0.2) is 17.7 Å². The van der Waals surface area contributed by atoms with E-state index in [0.29, 0.717) is 23.0 Å². The molecule has 2 N–H and O–H groups in total. The first-order valence-electron chi connectivity index (χ1n) is 8.91. The Labute approximate surface area is 170 Å². The van der Waals surface area contributed by atoms with Gasteiger partial charge in [-0.1, -0.05) is 55.1 Å². The molecule has 0 aliphatic carbocycles. The number of carbonyl (C=O) groups is 1. The minimum Gasteiger partial charge on any atom is -0.489 e. The van der Waals surface area contributed by atoms with Crippen molar-refractivity contribution in [3.8, 4) is 5.75 Å². The number of allylic oxidation sites excluding steroid dienone is 1. The number of benzene rings is 2. The van der Waals surface area contributed by atoms with E-state index in [4.69, 9.17) is 21.7 Å². The fourth-order valence-corrected chi connectivity index (χ4v) is 3.20. The van der Waals surface area contributed by atoms with Gasteiger partial charge in [-0.2, -0.15) is 0 Å². The topological polar surface area (TPSA) is 59.6 Å². The monoisotopic (exact) mass is 394 g/mol. The Morgan fingerprint density at radius 1 is 1.18 bits per heavy atom. The second-order valence-corrected chi connectivity index (χ2v) is 6.71. The van der Waals surface area contributed by atoms with Crippen LogP contribution in [0, 0.1) is 0 Å². The maximum atomic E-state index is 12.5. The molecule has 1 atom stereocenters. The maximum Gasteiger partial charge on any atom is 0.338 e. The molecular formula is C22H22N2O3S. The molecular weight excluding hydrogens is 372 g/mol. The molecule has 2 aromatic carbocycles. The van der Waals surface area contributed by atoms with Crippen molar-refractivity contribution in [3.05, 3.63) is 89.6 Å². The van der Waals surface area contributed by atoms with Crippen molar-refractivity contribution in [2.45, 2.75) is 19.6 Å². The van der Waals surface area contributed by atoms with Crippen molar-refractivity contribution in [2.75, 3.05) is 6.61 Å². The van der Waals surface area contributed by atoms with Crippen molar-refractivity contribution in [3.63, 3.8) is 0 Å². The van der Waals surface area contributed by atoms with Crippen LogP contribution >= 0.6 is 12.2 Å². The molecule has 0 saturated carbocycles. The molecule has 1 heterocycles. The summed E-state index contributed by atoms with van der Waals surface area (Å²) in [5.74, 6) is 0.343. The van der Waals surface area contributed by atoms with Gasteiger partial charge in [-0.25, -0.2) is 4.79 Å². The van der Waals surface area contributed by atoms with E-state index in [2.05, 4.69) is 17.2 Å². The smallest absolute Gasteiger partial charge is 0.338 e. The molecule has 0 amide bonds. The van der Waals surface area contributed by atoms with Crippen LogP contribution in [0.2, 0.25) is 0 Å². The van der Waals surface area contributed by atoms with Crippen molar-refractivity contribution < 1.29 is 14.3 Å². The summed E-state index contributed by atoms with van der Waals surface area (Å²) in [7, 11) is 0. The zero-order valence-corrected chi connectivity index (χ0v) is 16.4. The van der Waals surface area contributed by atoms with Gasteiger partial charge in [-0.05, 0) is 42.4 Å². The normalized spacial score (nSPS) is 16.0. The zero-order chi connectivity index (χ0) is 19.9. The van der Waals surface area contributed by atoms with Crippen molar-refractivity contribution in [1.82, 2.24) is 10.6 Å². The average Bonchev–Trinajstić information content (AvgIpc) is 2.71. The highest BCUT2D eigenvalue weighted by atomic mass is 32.1. The first kappa shape index (κ1) is 19.6. The van der Waals surface area contributed by atoms with E-state index < -0.39 is 12.0 Å². The standard InChI is InChI=1S/C22H22N2O3S/c1-3-13-26-21(25)19-15(2)23-22(28)24-20(19)17-9-11-18(12-10-17)27-14-16-7-5-4-6-8-16/h3-12,20H,1,13-14H2,2H3,(H2,23,24,28). The summed E-state index contributed by atoms with van der Waals surface area (Å²) in [5.41, 5.74) is 3.16. The van der Waals surface area contributed by atoms with Gasteiger partial charge in [0.25, 0.3) is 0 Å². The van der Waals surface area contributed by atoms with E-state index in [1.54, 1.807) is 0 Å². The third-order valence-electron chi connectivity index (χ3n) is 4.28. The summed E-state index contributed by atoms with van der Waals surface area (Å²) in [5, 5.41) is 6.59. The lowest BCUT2D eigenvalue weighted by atomic mass is 9.95. The van der Waals surface area contributed by atoms with Gasteiger partial charge in [0.05, 0.1) is 11.6 Å². The Kier molecular flexibility index (Phi) is 6.45. The summed E-state index contributed by atoms with van der Waals surface area (Å²) in [6, 6.07) is 17.2. The van der Waals surface area contributed by atoms with Crippen molar-refractivity contribution in [1.29, 1.82) is 0 Å². The minimum atomic E-state index is -0.408. The van der Waals surface area contributed by atoms with Crippen LogP contribution in [0.25, 0.3) is 0 Å². The van der Waals surface area contributed by atoms with Crippen molar-refractivity contribution >= 4 is 23.3 Å². The molecule has 144 valence electrons. The summed E-state index contributed by atoms with van der Waals surface area (Å²) in [6.45, 7) is 6.03. The van der Waals surface area contributed by atoms with Crippen LogP contribution in [0.5, 0.6) is 5.75 Å². The van der Waals surface area contributed by atoms with E-state index in [-0.39, 0.29) is 6.61 Å². The van der Waals surface area contributed by atoms with Crippen LogP contribution < -0.4 is 15.4 Å². The maximum absolute atomic E-state index is 12.5. The molecule has 0 saturated heterocycles. The quantitative estimate of drug-likeness (QED) is 0.423. The molecule has 3 rings (SSSR count). The molecule has 0 aromatic heterocycles. The molecule has 0 fully saturated rings. The first-order valence-corrected chi connectivity index (χ1v) is 9.32. The molecule has 1 aliphatic heterocycles. The largest absolute Gasteiger partial charge is 0.489 e. The predicted octanol–water partition coefficient (Wildman–Crippen LogP) is 3.79. The third kappa shape index (κ3) is 4.78. The molecule has 5 nitrogen and oxygen atoms in total. The number of carbonyl (C=O) groups excluding carboxylic acids is 1. The summed E-state index contributed by atoms with van der Waals surface area (Å²) in [4.78, 5) is 12.5. The number of esters is 1. The van der Waals surface area contributed by atoms with Gasteiger partial charge >= 0.3 is 5.97 Å². The van der Waals surface area contributed by atoms with Gasteiger partial charge in [-0.3, -0.25) is 0 Å². The predicted molar refractivity (Wildman–Crippen MR) is 113 cm³/mol. The van der Waals surface area contributed by atoms with Gasteiger partial charge in [0.15, 0.2) is 5.11 Å². The Hall–Kier alpha value is -3.12. The highest BCUT2D eigenvalue weighted by molar-refractivity contribution is 7.80. The first-order chi connectivity index (χ1) is 13.6. The van der Waals surface area contributed by atoms with Crippen LogP contribution in [0.3, 0.4) is 0 Å². The Bertz CT molecular complexity index is 892.